The summed E-state index contributed by atoms with van der Waals surface area (Å²) in [6.07, 6.45) is 7.88. The molecule has 0 unspecified atom stereocenters. The number of amides is 1. The number of morpholine rings is 1. The second kappa shape index (κ2) is 8.97. The van der Waals surface area contributed by atoms with Crippen LogP contribution >= 0.6 is 0 Å². The van der Waals surface area contributed by atoms with Crippen molar-refractivity contribution in [3.8, 4) is 11.3 Å². The molecule has 29 heavy (non-hydrogen) atoms. The van der Waals surface area contributed by atoms with Crippen LogP contribution in [0.3, 0.4) is 0 Å². The zero-order chi connectivity index (χ0) is 20.1. The summed E-state index contributed by atoms with van der Waals surface area (Å²) in [6, 6.07) is 3.84. The lowest BCUT2D eigenvalue weighted by Crippen LogP contribution is -2.37. The molecule has 0 spiro atoms. The molecule has 1 saturated heterocycles. The number of ether oxygens (including phenoxy) is 2. The van der Waals surface area contributed by atoms with Gasteiger partial charge in [0.2, 0.25) is 0 Å². The fourth-order valence-electron chi connectivity index (χ4n) is 3.24. The SMILES string of the molecule is COCCCNC(=O)c1cn2cc(-c3cccnc3)nc(N3CCOCC3)c2n1. The van der Waals surface area contributed by atoms with Crippen molar-refractivity contribution < 1.29 is 14.3 Å². The van der Waals surface area contributed by atoms with Crippen LogP contribution in [-0.2, 0) is 9.47 Å². The van der Waals surface area contributed by atoms with Crippen molar-refractivity contribution in [2.75, 3.05) is 51.5 Å². The number of hydrogen-bond acceptors (Lipinski definition) is 7. The number of nitrogens with zero attached hydrogens (tertiary/aromatic N) is 5. The molecule has 0 aliphatic carbocycles. The van der Waals surface area contributed by atoms with Crippen LogP contribution in [0.1, 0.15) is 16.9 Å². The number of nitrogens with one attached hydrogen (secondary N) is 1. The second-order valence-corrected chi connectivity index (χ2v) is 6.75. The van der Waals surface area contributed by atoms with Crippen LogP contribution < -0.4 is 10.2 Å². The number of aromatic nitrogens is 4. The average Bonchev–Trinajstić information content (AvgIpc) is 3.21. The predicted octanol–water partition coefficient (Wildman–Crippen LogP) is 1.39. The van der Waals surface area contributed by atoms with Crippen LogP contribution in [0, 0.1) is 0 Å². The van der Waals surface area contributed by atoms with Gasteiger partial charge in [0.05, 0.1) is 18.9 Å². The largest absolute Gasteiger partial charge is 0.385 e. The summed E-state index contributed by atoms with van der Waals surface area (Å²) < 4.78 is 12.4. The van der Waals surface area contributed by atoms with Crippen molar-refractivity contribution in [3.63, 3.8) is 0 Å². The summed E-state index contributed by atoms with van der Waals surface area (Å²) in [5.41, 5.74) is 2.70. The molecule has 0 bridgehead atoms. The standard InChI is InChI=1S/C20H24N6O3/c1-28-9-3-6-22-20(27)17-14-26-13-16(15-4-2-5-21-12-15)23-18(19(26)24-17)25-7-10-29-11-8-25/h2,4-5,12-14H,3,6-11H2,1H3,(H,22,27). The first-order valence-electron chi connectivity index (χ1n) is 9.66. The third-order valence-electron chi connectivity index (χ3n) is 4.73. The van der Waals surface area contributed by atoms with Gasteiger partial charge in [0.25, 0.3) is 5.91 Å². The van der Waals surface area contributed by atoms with Crippen molar-refractivity contribution in [1.82, 2.24) is 24.7 Å². The number of carbonyl (C=O) groups excluding carboxylic acids is 1. The van der Waals surface area contributed by atoms with Gasteiger partial charge in [-0.25, -0.2) is 9.97 Å². The third kappa shape index (κ3) is 4.36. The number of methoxy groups -OCH3 is 1. The van der Waals surface area contributed by atoms with E-state index in [1.54, 1.807) is 25.7 Å². The molecule has 1 aliphatic rings. The van der Waals surface area contributed by atoms with Crippen LogP contribution in [0.15, 0.2) is 36.9 Å². The summed E-state index contributed by atoms with van der Waals surface area (Å²) in [5.74, 6) is 0.536. The Kier molecular flexibility index (Phi) is 5.97. The summed E-state index contributed by atoms with van der Waals surface area (Å²) in [4.78, 5) is 28.3. The highest BCUT2D eigenvalue weighted by atomic mass is 16.5. The van der Waals surface area contributed by atoms with Gasteiger partial charge in [-0.05, 0) is 18.6 Å². The zero-order valence-electron chi connectivity index (χ0n) is 16.4. The first-order chi connectivity index (χ1) is 14.3. The van der Waals surface area contributed by atoms with Crippen LogP contribution in [0.5, 0.6) is 0 Å². The molecular formula is C20H24N6O3. The van der Waals surface area contributed by atoms with Gasteiger partial charge in [0, 0.05) is 63.7 Å². The molecule has 9 nitrogen and oxygen atoms in total. The van der Waals surface area contributed by atoms with Gasteiger partial charge >= 0.3 is 0 Å². The Morgan fingerprint density at radius 3 is 2.90 bits per heavy atom. The quantitative estimate of drug-likeness (QED) is 0.603. The summed E-state index contributed by atoms with van der Waals surface area (Å²) in [5, 5.41) is 2.88. The van der Waals surface area contributed by atoms with Gasteiger partial charge in [0.1, 0.15) is 5.69 Å². The minimum Gasteiger partial charge on any atom is -0.385 e. The molecule has 1 fully saturated rings. The Morgan fingerprint density at radius 2 is 2.14 bits per heavy atom. The summed E-state index contributed by atoms with van der Waals surface area (Å²) in [7, 11) is 1.64. The molecule has 3 aromatic heterocycles. The third-order valence-corrected chi connectivity index (χ3v) is 4.73. The molecule has 0 saturated carbocycles. The molecule has 152 valence electrons. The van der Waals surface area contributed by atoms with E-state index in [0.29, 0.717) is 37.7 Å². The topological polar surface area (TPSA) is 93.9 Å². The average molecular weight is 396 g/mol. The smallest absolute Gasteiger partial charge is 0.271 e. The first-order valence-corrected chi connectivity index (χ1v) is 9.66. The molecule has 4 heterocycles. The monoisotopic (exact) mass is 396 g/mol. The van der Waals surface area contributed by atoms with Crippen molar-refractivity contribution >= 4 is 17.4 Å². The predicted molar refractivity (Wildman–Crippen MR) is 108 cm³/mol. The maximum atomic E-state index is 12.5. The highest BCUT2D eigenvalue weighted by Crippen LogP contribution is 2.25. The van der Waals surface area contributed by atoms with E-state index in [2.05, 4.69) is 20.2 Å². The molecule has 9 heteroatoms. The minimum absolute atomic E-state index is 0.208. The molecular weight excluding hydrogens is 372 g/mol. The van der Waals surface area contributed by atoms with E-state index in [4.69, 9.17) is 14.5 Å². The van der Waals surface area contributed by atoms with Gasteiger partial charge in [-0.1, -0.05) is 0 Å². The van der Waals surface area contributed by atoms with E-state index in [-0.39, 0.29) is 5.91 Å². The maximum absolute atomic E-state index is 12.5. The molecule has 0 aromatic carbocycles. The van der Waals surface area contributed by atoms with E-state index < -0.39 is 0 Å². The number of carbonyl (C=O) groups is 1. The molecule has 0 radical (unpaired) electrons. The normalized spacial score (nSPS) is 14.3. The maximum Gasteiger partial charge on any atom is 0.271 e. The van der Waals surface area contributed by atoms with E-state index in [9.17, 15) is 4.79 Å². The zero-order valence-corrected chi connectivity index (χ0v) is 16.4. The van der Waals surface area contributed by atoms with Crippen molar-refractivity contribution in [2.24, 2.45) is 0 Å². The lowest BCUT2D eigenvalue weighted by atomic mass is 10.2. The Balaban J connectivity index is 1.69. The second-order valence-electron chi connectivity index (χ2n) is 6.75. The van der Waals surface area contributed by atoms with Crippen LogP contribution in [0.25, 0.3) is 16.9 Å². The number of anilines is 1. The lowest BCUT2D eigenvalue weighted by Gasteiger charge is -2.28. The molecule has 1 N–H and O–H groups in total. The Labute approximate surface area is 168 Å². The molecule has 0 atom stereocenters. The van der Waals surface area contributed by atoms with E-state index in [0.717, 1.165) is 36.6 Å². The highest BCUT2D eigenvalue weighted by molar-refractivity contribution is 5.93. The summed E-state index contributed by atoms with van der Waals surface area (Å²) in [6.45, 7) is 3.87. The van der Waals surface area contributed by atoms with Gasteiger partial charge in [-0.15, -0.1) is 0 Å². The number of fused-ring (bicyclic) bond motifs is 1. The van der Waals surface area contributed by atoms with Crippen LogP contribution in [0.4, 0.5) is 5.82 Å². The van der Waals surface area contributed by atoms with Crippen LogP contribution in [-0.4, -0.2) is 71.8 Å². The van der Waals surface area contributed by atoms with Gasteiger partial charge in [-0.3, -0.25) is 9.78 Å². The minimum atomic E-state index is -0.208. The number of imidazole rings is 1. The Morgan fingerprint density at radius 1 is 1.28 bits per heavy atom. The molecule has 4 rings (SSSR count). The molecule has 1 amide bonds. The van der Waals surface area contributed by atoms with Crippen molar-refractivity contribution in [3.05, 3.63) is 42.6 Å². The Bertz CT molecular complexity index is 969. The van der Waals surface area contributed by atoms with Crippen LogP contribution in [0.2, 0.25) is 0 Å². The fraction of sp³-hybridized carbons (Fsp3) is 0.400. The molecule has 1 aliphatic heterocycles. The molecule has 3 aromatic rings. The van der Waals surface area contributed by atoms with E-state index in [1.807, 2.05) is 22.7 Å². The van der Waals surface area contributed by atoms with E-state index >= 15 is 0 Å². The van der Waals surface area contributed by atoms with Gasteiger partial charge in [-0.2, -0.15) is 0 Å². The number of hydrogen-bond donors (Lipinski definition) is 1. The Hall–Kier alpha value is -3.04. The van der Waals surface area contributed by atoms with Crippen molar-refractivity contribution in [2.45, 2.75) is 6.42 Å². The number of rotatable bonds is 7. The highest BCUT2D eigenvalue weighted by Gasteiger charge is 2.21. The first kappa shape index (κ1) is 19.3. The summed E-state index contributed by atoms with van der Waals surface area (Å²) >= 11 is 0. The van der Waals surface area contributed by atoms with Gasteiger partial charge < -0.3 is 24.1 Å². The van der Waals surface area contributed by atoms with E-state index in [1.165, 1.54) is 0 Å². The number of pyridine rings is 1. The fourth-order valence-corrected chi connectivity index (χ4v) is 3.24. The van der Waals surface area contributed by atoms with Crippen molar-refractivity contribution in [1.29, 1.82) is 0 Å². The van der Waals surface area contributed by atoms with Gasteiger partial charge in [0.15, 0.2) is 11.5 Å². The lowest BCUT2D eigenvalue weighted by molar-refractivity contribution is 0.0944.